The molecule has 0 atom stereocenters. The van der Waals surface area contributed by atoms with Crippen molar-refractivity contribution in [1.82, 2.24) is 0 Å². The van der Waals surface area contributed by atoms with Gasteiger partial charge < -0.3 is 4.74 Å². The van der Waals surface area contributed by atoms with E-state index in [0.717, 1.165) is 16.2 Å². The van der Waals surface area contributed by atoms with Crippen molar-refractivity contribution in [3.05, 3.63) is 99.9 Å². The van der Waals surface area contributed by atoms with Gasteiger partial charge in [-0.25, -0.2) is 26.3 Å². The molecule has 0 unspecified atom stereocenters. The van der Waals surface area contributed by atoms with Crippen LogP contribution >= 0.6 is 11.3 Å². The first kappa shape index (κ1) is 24.7. The summed E-state index contributed by atoms with van der Waals surface area (Å²) in [6.45, 7) is 1.97. The molecule has 3 aromatic carbocycles. The van der Waals surface area contributed by atoms with Crippen LogP contribution in [0.3, 0.4) is 0 Å². The van der Waals surface area contributed by atoms with Gasteiger partial charge in [-0.1, -0.05) is 19.1 Å². The minimum Gasteiger partial charge on any atom is -0.429 e. The van der Waals surface area contributed by atoms with Crippen LogP contribution in [-0.4, -0.2) is 0 Å². The SMILES string of the molecule is CCc1ccc(-c2ccc(-c3cc(F)c(C(F)(F)Oc4cc(F)c(F)c(F)c4)c(F)c3)c(F)c2)s1. The van der Waals surface area contributed by atoms with Crippen molar-refractivity contribution in [2.75, 3.05) is 0 Å². The van der Waals surface area contributed by atoms with E-state index in [9.17, 15) is 35.1 Å². The molecule has 0 radical (unpaired) electrons. The van der Waals surface area contributed by atoms with Crippen LogP contribution in [0.1, 0.15) is 17.4 Å². The van der Waals surface area contributed by atoms with Gasteiger partial charge >= 0.3 is 6.11 Å². The standard InChI is InChI=1S/C25H14F8OS/c1-2-15-4-6-22(35-15)12-3-5-16(17(26)7-12)13-8-18(27)23(19(28)9-13)25(32,33)34-14-10-20(29)24(31)21(30)11-14/h3-11H,2H2,1H3. The maximum atomic E-state index is 14.8. The molecule has 1 nitrogen and oxygen atoms in total. The molecule has 0 aliphatic carbocycles. The number of rotatable bonds is 6. The van der Waals surface area contributed by atoms with Gasteiger partial charge in [0.2, 0.25) is 0 Å². The van der Waals surface area contributed by atoms with Gasteiger partial charge in [0.1, 0.15) is 28.8 Å². The van der Waals surface area contributed by atoms with Crippen LogP contribution < -0.4 is 4.74 Å². The summed E-state index contributed by atoms with van der Waals surface area (Å²) in [4.78, 5) is 1.86. The fraction of sp³-hybridized carbons (Fsp3) is 0.120. The van der Waals surface area contributed by atoms with Crippen LogP contribution in [-0.2, 0) is 12.5 Å². The van der Waals surface area contributed by atoms with Gasteiger partial charge in [0.05, 0.1) is 0 Å². The summed E-state index contributed by atoms with van der Waals surface area (Å²) in [6, 6.07) is 8.85. The first-order chi connectivity index (χ1) is 16.5. The fourth-order valence-corrected chi connectivity index (χ4v) is 4.37. The predicted molar refractivity (Wildman–Crippen MR) is 115 cm³/mol. The van der Waals surface area contributed by atoms with Crippen LogP contribution in [0.4, 0.5) is 35.1 Å². The van der Waals surface area contributed by atoms with Crippen LogP contribution in [0.15, 0.2) is 54.6 Å². The summed E-state index contributed by atoms with van der Waals surface area (Å²) in [5, 5.41) is 0. The van der Waals surface area contributed by atoms with E-state index >= 15 is 0 Å². The Morgan fingerprint density at radius 1 is 0.714 bits per heavy atom. The van der Waals surface area contributed by atoms with Crippen molar-refractivity contribution >= 4 is 11.3 Å². The molecule has 0 fully saturated rings. The summed E-state index contributed by atoms with van der Waals surface area (Å²) in [5.41, 5.74) is -1.93. The Morgan fingerprint density at radius 2 is 1.31 bits per heavy atom. The Labute approximate surface area is 198 Å². The van der Waals surface area contributed by atoms with E-state index in [1.807, 2.05) is 19.1 Å². The zero-order chi connectivity index (χ0) is 25.5. The number of benzene rings is 3. The smallest absolute Gasteiger partial charge is 0.429 e. The van der Waals surface area contributed by atoms with Crippen molar-refractivity contribution in [1.29, 1.82) is 0 Å². The lowest BCUT2D eigenvalue weighted by Crippen LogP contribution is -2.25. The molecule has 0 saturated carbocycles. The monoisotopic (exact) mass is 514 g/mol. The lowest BCUT2D eigenvalue weighted by molar-refractivity contribution is -0.189. The van der Waals surface area contributed by atoms with Gasteiger partial charge in [0.25, 0.3) is 0 Å². The molecular formula is C25H14F8OS. The van der Waals surface area contributed by atoms with Gasteiger partial charge in [0.15, 0.2) is 17.5 Å². The van der Waals surface area contributed by atoms with E-state index in [2.05, 4.69) is 4.74 Å². The highest BCUT2D eigenvalue weighted by Crippen LogP contribution is 2.39. The Morgan fingerprint density at radius 3 is 1.86 bits per heavy atom. The molecule has 0 aliphatic heterocycles. The predicted octanol–water partition coefficient (Wildman–Crippen LogP) is 8.61. The molecule has 0 N–H and O–H groups in total. The maximum Gasteiger partial charge on any atom is 0.432 e. The Bertz CT molecular complexity index is 1370. The lowest BCUT2D eigenvalue weighted by Gasteiger charge is -2.20. The first-order valence-corrected chi connectivity index (χ1v) is 10.9. The number of alkyl halides is 2. The first-order valence-electron chi connectivity index (χ1n) is 10.1. The van der Waals surface area contributed by atoms with Crippen LogP contribution in [0, 0.1) is 34.9 Å². The van der Waals surface area contributed by atoms with Crippen LogP contribution in [0.25, 0.3) is 21.6 Å². The van der Waals surface area contributed by atoms with Crippen molar-refractivity contribution < 1.29 is 39.9 Å². The summed E-state index contributed by atoms with van der Waals surface area (Å²) in [6.07, 6.45) is -3.93. The number of halogens is 8. The van der Waals surface area contributed by atoms with E-state index in [-0.39, 0.29) is 23.3 Å². The molecule has 10 heteroatoms. The topological polar surface area (TPSA) is 9.23 Å². The number of hydrogen-bond acceptors (Lipinski definition) is 2. The molecular weight excluding hydrogens is 500 g/mol. The fourth-order valence-electron chi connectivity index (χ4n) is 3.42. The third-order valence-electron chi connectivity index (χ3n) is 5.11. The van der Waals surface area contributed by atoms with Gasteiger partial charge in [-0.2, -0.15) is 8.78 Å². The van der Waals surface area contributed by atoms with Crippen molar-refractivity contribution in [3.8, 4) is 27.3 Å². The van der Waals surface area contributed by atoms with Crippen molar-refractivity contribution in [2.24, 2.45) is 0 Å². The molecule has 1 heterocycles. The Kier molecular flexibility index (Phi) is 6.59. The summed E-state index contributed by atoms with van der Waals surface area (Å²) < 4.78 is 117. The van der Waals surface area contributed by atoms with Gasteiger partial charge in [-0.05, 0) is 47.9 Å². The normalized spacial score (nSPS) is 11.7. The highest BCUT2D eigenvalue weighted by molar-refractivity contribution is 7.15. The zero-order valence-corrected chi connectivity index (χ0v) is 18.6. The largest absolute Gasteiger partial charge is 0.432 e. The average Bonchev–Trinajstić information content (AvgIpc) is 3.25. The third kappa shape index (κ3) is 4.88. The molecule has 0 spiro atoms. The van der Waals surface area contributed by atoms with E-state index in [0.29, 0.717) is 17.7 Å². The number of ether oxygens (including phenoxy) is 1. The van der Waals surface area contributed by atoms with Gasteiger partial charge in [-0.3, -0.25) is 0 Å². The molecule has 4 aromatic rings. The maximum absolute atomic E-state index is 14.8. The third-order valence-corrected chi connectivity index (χ3v) is 6.39. The molecule has 0 saturated heterocycles. The van der Waals surface area contributed by atoms with Crippen molar-refractivity contribution in [3.63, 3.8) is 0 Å². The quantitative estimate of drug-likeness (QED) is 0.185. The van der Waals surface area contributed by atoms with E-state index in [1.54, 1.807) is 0 Å². The van der Waals surface area contributed by atoms with E-state index < -0.39 is 52.3 Å². The Balaban J connectivity index is 1.67. The molecule has 182 valence electrons. The second-order valence-electron chi connectivity index (χ2n) is 7.45. The second kappa shape index (κ2) is 9.33. The number of aryl methyl sites for hydroxylation is 1. The minimum atomic E-state index is -4.73. The number of thiophene rings is 1. The Hall–Kier alpha value is -3.40. The van der Waals surface area contributed by atoms with Crippen LogP contribution in [0.5, 0.6) is 5.75 Å². The van der Waals surface area contributed by atoms with Crippen molar-refractivity contribution in [2.45, 2.75) is 19.5 Å². The molecule has 0 amide bonds. The van der Waals surface area contributed by atoms with Gasteiger partial charge in [-0.15, -0.1) is 11.3 Å². The minimum absolute atomic E-state index is 0.102. The zero-order valence-electron chi connectivity index (χ0n) is 17.7. The van der Waals surface area contributed by atoms with E-state index in [4.69, 9.17) is 0 Å². The molecule has 35 heavy (non-hydrogen) atoms. The lowest BCUT2D eigenvalue weighted by atomic mass is 10.00. The average molecular weight is 514 g/mol. The summed E-state index contributed by atoms with van der Waals surface area (Å²) in [5.74, 6) is -11.2. The molecule has 0 bridgehead atoms. The number of hydrogen-bond donors (Lipinski definition) is 0. The summed E-state index contributed by atoms with van der Waals surface area (Å²) in [7, 11) is 0. The van der Waals surface area contributed by atoms with Gasteiger partial charge in [0, 0.05) is 27.5 Å². The second-order valence-corrected chi connectivity index (χ2v) is 8.62. The highest BCUT2D eigenvalue weighted by Gasteiger charge is 2.41. The summed E-state index contributed by atoms with van der Waals surface area (Å²) >= 11 is 1.46. The van der Waals surface area contributed by atoms with Crippen LogP contribution in [0.2, 0.25) is 0 Å². The molecule has 4 rings (SSSR count). The molecule has 1 aromatic heterocycles. The highest BCUT2D eigenvalue weighted by atomic mass is 32.1. The van der Waals surface area contributed by atoms with E-state index in [1.165, 1.54) is 29.5 Å². The molecule has 0 aliphatic rings.